The number of amides is 1. The van der Waals surface area contributed by atoms with Crippen molar-refractivity contribution < 1.29 is 19.4 Å². The molecule has 0 heterocycles. The quantitative estimate of drug-likeness (QED) is 0.0812. The second-order valence-electron chi connectivity index (χ2n) is 9.66. The Morgan fingerprint density at radius 3 is 1.95 bits per heavy atom. The van der Waals surface area contributed by atoms with Crippen molar-refractivity contribution >= 4 is 23.6 Å². The van der Waals surface area contributed by atoms with Crippen molar-refractivity contribution in [2.75, 3.05) is 18.9 Å². The van der Waals surface area contributed by atoms with Gasteiger partial charge in [-0.15, -0.1) is 11.8 Å². The molecule has 0 aliphatic carbocycles. The average Bonchev–Trinajstić information content (AvgIpc) is 2.98. The number of hydrogen-bond acceptors (Lipinski definition) is 5. The third-order valence-electron chi connectivity index (χ3n) is 6.60. The van der Waals surface area contributed by atoms with E-state index in [2.05, 4.69) is 73.0 Å². The first-order chi connectivity index (χ1) is 20.0. The molecular weight excluding hydrogens is 530 g/mol. The second-order valence-corrected chi connectivity index (χ2v) is 11.1. The highest BCUT2D eigenvalue weighted by atomic mass is 32.2. The minimum atomic E-state index is -0.600. The maximum Gasteiger partial charge on any atom is 0.341 e. The number of esters is 1. The lowest BCUT2D eigenvalue weighted by atomic mass is 10.0. The van der Waals surface area contributed by atoms with E-state index < -0.39 is 10.7 Å². The largest absolute Gasteiger partial charge is 0.507 e. The van der Waals surface area contributed by atoms with E-state index in [1.165, 1.54) is 12.1 Å². The Hall–Kier alpha value is -2.99. The molecular formula is C35H51NO4S. The van der Waals surface area contributed by atoms with E-state index >= 15 is 0 Å². The van der Waals surface area contributed by atoms with Crippen LogP contribution in [0.3, 0.4) is 0 Å². The lowest BCUT2D eigenvalue weighted by Crippen LogP contribution is -2.45. The molecule has 0 saturated heterocycles. The van der Waals surface area contributed by atoms with Gasteiger partial charge in [0.15, 0.2) is 0 Å². The summed E-state index contributed by atoms with van der Waals surface area (Å²) in [5, 5.41) is 12.7. The Kier molecular flexibility index (Phi) is 20.8. The van der Waals surface area contributed by atoms with Crippen LogP contribution in [0.5, 0.6) is 5.75 Å². The molecule has 0 aliphatic heterocycles. The third kappa shape index (κ3) is 16.1. The lowest BCUT2D eigenvalue weighted by molar-refractivity contribution is -0.123. The number of carbonyl (C=O) groups is 2. The number of nitrogens with one attached hydrogen (secondary N) is 1. The molecule has 0 bridgehead atoms. The molecule has 0 aliphatic rings. The normalized spacial score (nSPS) is 12.5. The van der Waals surface area contributed by atoms with Gasteiger partial charge in [0, 0.05) is 0 Å². The number of benzene rings is 1. The van der Waals surface area contributed by atoms with Crippen LogP contribution in [0, 0.1) is 0 Å². The maximum absolute atomic E-state index is 13.0. The fourth-order valence-electron chi connectivity index (χ4n) is 4.03. The van der Waals surface area contributed by atoms with Gasteiger partial charge in [-0.2, -0.15) is 0 Å². The fraction of sp³-hybridized carbons (Fsp3) is 0.486. The van der Waals surface area contributed by atoms with Crippen molar-refractivity contribution in [1.29, 1.82) is 0 Å². The zero-order chi connectivity index (χ0) is 30.0. The summed E-state index contributed by atoms with van der Waals surface area (Å²) in [6, 6.07) is 6.25. The van der Waals surface area contributed by atoms with Crippen molar-refractivity contribution in [3.05, 3.63) is 90.6 Å². The molecule has 1 aromatic carbocycles. The van der Waals surface area contributed by atoms with E-state index in [9.17, 15) is 14.7 Å². The van der Waals surface area contributed by atoms with Gasteiger partial charge >= 0.3 is 5.97 Å². The number of carbonyl (C=O) groups excluding carboxylic acids is 2. The van der Waals surface area contributed by atoms with Crippen molar-refractivity contribution in [2.24, 2.45) is 0 Å². The molecule has 6 heteroatoms. The number of phenols is 1. The zero-order valence-electron chi connectivity index (χ0n) is 25.4. The van der Waals surface area contributed by atoms with Crippen LogP contribution in [0.2, 0.25) is 0 Å². The summed E-state index contributed by atoms with van der Waals surface area (Å²) in [7, 11) is 0. The van der Waals surface area contributed by atoms with Crippen LogP contribution in [0.1, 0.15) is 95.3 Å². The van der Waals surface area contributed by atoms with E-state index in [0.717, 1.165) is 70.0 Å². The van der Waals surface area contributed by atoms with Crippen LogP contribution in [0.15, 0.2) is 85.0 Å². The zero-order valence-corrected chi connectivity index (χ0v) is 26.2. The molecule has 5 nitrogen and oxygen atoms in total. The predicted octanol–water partition coefficient (Wildman–Crippen LogP) is 8.88. The first-order valence-corrected chi connectivity index (χ1v) is 16.1. The Labute approximate surface area is 252 Å². The fourth-order valence-corrected chi connectivity index (χ4v) is 5.39. The molecule has 2 N–H and O–H groups in total. The molecule has 0 spiro atoms. The molecule has 0 fully saturated rings. The third-order valence-corrected chi connectivity index (χ3v) is 8.41. The summed E-state index contributed by atoms with van der Waals surface area (Å²) in [5.74, 6) is 0.206. The first kappa shape index (κ1) is 36.0. The number of aromatic hydroxyl groups is 1. The van der Waals surface area contributed by atoms with Gasteiger partial charge in [0.2, 0.25) is 5.91 Å². The van der Waals surface area contributed by atoms with Gasteiger partial charge in [-0.05, 0) is 82.1 Å². The summed E-state index contributed by atoms with van der Waals surface area (Å²) < 4.78 is 4.73. The standard InChI is InChI=1S/C35H51NO4S/c1-4-7-8-9-10-11-12-13-14-15-16-17-18-19-20-21-22-25-30-41-35(5-2,6-3)34(39)36-28-29-40-33(38)31-26-23-24-27-32(31)37/h7-8,10-11,13-14,16-17,19-20,23-24,26-27,37H,4-6,9,12,15,18,21-22,25,28-30H2,1-3H3,(H,36,39). The average molecular weight is 582 g/mol. The predicted molar refractivity (Wildman–Crippen MR) is 175 cm³/mol. The van der Waals surface area contributed by atoms with Crippen molar-refractivity contribution in [3.8, 4) is 5.75 Å². The van der Waals surface area contributed by atoms with Crippen molar-refractivity contribution in [2.45, 2.75) is 89.7 Å². The lowest BCUT2D eigenvalue weighted by Gasteiger charge is -2.29. The van der Waals surface area contributed by atoms with Gasteiger partial charge in [0.05, 0.1) is 11.3 Å². The van der Waals surface area contributed by atoms with Crippen molar-refractivity contribution in [1.82, 2.24) is 5.32 Å². The number of phenolic OH excluding ortho intramolecular Hbond substituents is 1. The van der Waals surface area contributed by atoms with Crippen LogP contribution < -0.4 is 5.32 Å². The molecule has 0 aromatic heterocycles. The minimum Gasteiger partial charge on any atom is -0.507 e. The number of ether oxygens (including phenoxy) is 1. The first-order valence-electron chi connectivity index (χ1n) is 15.1. The van der Waals surface area contributed by atoms with Gasteiger partial charge < -0.3 is 15.2 Å². The summed E-state index contributed by atoms with van der Waals surface area (Å²) in [5.41, 5.74) is 0.121. The van der Waals surface area contributed by atoms with Crippen LogP contribution in [-0.2, 0) is 9.53 Å². The molecule has 41 heavy (non-hydrogen) atoms. The van der Waals surface area contributed by atoms with Crippen LogP contribution in [-0.4, -0.2) is 40.6 Å². The topological polar surface area (TPSA) is 75.6 Å². The Balaban J connectivity index is 2.19. The highest BCUT2D eigenvalue weighted by molar-refractivity contribution is 8.01. The molecule has 0 radical (unpaired) electrons. The number of thioether (sulfide) groups is 1. The van der Waals surface area contributed by atoms with Crippen LogP contribution in [0.25, 0.3) is 0 Å². The van der Waals surface area contributed by atoms with E-state index in [-0.39, 0.29) is 30.4 Å². The maximum atomic E-state index is 13.0. The van der Waals surface area contributed by atoms with E-state index in [0.29, 0.717) is 0 Å². The molecule has 0 saturated carbocycles. The van der Waals surface area contributed by atoms with E-state index in [4.69, 9.17) is 4.74 Å². The molecule has 1 rings (SSSR count). The molecule has 0 unspecified atom stereocenters. The van der Waals surface area contributed by atoms with Crippen LogP contribution >= 0.6 is 11.8 Å². The second kappa shape index (κ2) is 23.7. The SMILES string of the molecule is CCC=CCC=CCC=CCC=CCC=CCCCCSC(CC)(CC)C(=O)NCCOC(=O)c1ccccc1O. The van der Waals surface area contributed by atoms with Crippen molar-refractivity contribution in [3.63, 3.8) is 0 Å². The Bertz CT molecular complexity index is 1010. The summed E-state index contributed by atoms with van der Waals surface area (Å²) in [4.78, 5) is 25.1. The smallest absolute Gasteiger partial charge is 0.341 e. The monoisotopic (exact) mass is 581 g/mol. The Morgan fingerprint density at radius 2 is 1.39 bits per heavy atom. The number of unbranched alkanes of at least 4 members (excludes halogenated alkanes) is 2. The molecule has 0 atom stereocenters. The van der Waals surface area contributed by atoms with Gasteiger partial charge in [0.25, 0.3) is 0 Å². The number of hydrogen-bond donors (Lipinski definition) is 2. The highest BCUT2D eigenvalue weighted by Crippen LogP contribution is 2.33. The summed E-state index contributed by atoms with van der Waals surface area (Å²) in [6.07, 6.45) is 31.9. The molecule has 1 aromatic rings. The Morgan fingerprint density at radius 1 is 0.829 bits per heavy atom. The van der Waals surface area contributed by atoms with Gasteiger partial charge in [0.1, 0.15) is 17.9 Å². The van der Waals surface area contributed by atoms with Gasteiger partial charge in [-0.3, -0.25) is 4.79 Å². The van der Waals surface area contributed by atoms with Gasteiger partial charge in [-0.1, -0.05) is 93.7 Å². The van der Waals surface area contributed by atoms with Crippen LogP contribution in [0.4, 0.5) is 0 Å². The minimum absolute atomic E-state index is 0.0102. The molecule has 226 valence electrons. The summed E-state index contributed by atoms with van der Waals surface area (Å²) in [6.45, 7) is 6.54. The number of rotatable bonds is 22. The molecule has 1 amide bonds. The van der Waals surface area contributed by atoms with E-state index in [1.807, 2.05) is 13.8 Å². The number of allylic oxidation sites excluding steroid dienone is 10. The van der Waals surface area contributed by atoms with Gasteiger partial charge in [-0.25, -0.2) is 4.79 Å². The number of para-hydroxylation sites is 1. The van der Waals surface area contributed by atoms with E-state index in [1.54, 1.807) is 23.9 Å². The summed E-state index contributed by atoms with van der Waals surface area (Å²) >= 11 is 1.73. The highest BCUT2D eigenvalue weighted by Gasteiger charge is 2.34.